The van der Waals surface area contributed by atoms with Crippen LogP contribution < -0.4 is 5.32 Å². The third-order valence-corrected chi connectivity index (χ3v) is 5.20. The molecular formula is C18H18N2OS. The second-order valence-corrected chi connectivity index (χ2v) is 6.70. The van der Waals surface area contributed by atoms with E-state index in [0.29, 0.717) is 12.0 Å². The Labute approximate surface area is 134 Å². The fraction of sp³-hybridized carbons (Fsp3) is 0.333. The fourth-order valence-electron chi connectivity index (χ4n) is 2.90. The first-order chi connectivity index (χ1) is 10.8. The molecule has 0 fully saturated rings. The average molecular weight is 310 g/mol. The number of amides is 1. The van der Waals surface area contributed by atoms with Crippen molar-refractivity contribution in [1.82, 2.24) is 0 Å². The molecule has 3 rings (SSSR count). The lowest BCUT2D eigenvalue weighted by atomic mass is 10.1. The number of hydrogen-bond acceptors (Lipinski definition) is 3. The van der Waals surface area contributed by atoms with Gasteiger partial charge in [0.15, 0.2) is 0 Å². The second kappa shape index (κ2) is 6.76. The van der Waals surface area contributed by atoms with Gasteiger partial charge >= 0.3 is 0 Å². The van der Waals surface area contributed by atoms with Gasteiger partial charge in [0.25, 0.3) is 0 Å². The lowest BCUT2D eigenvalue weighted by molar-refractivity contribution is -0.115. The normalized spacial score (nSPS) is 13.8. The smallest absolute Gasteiger partial charge is 0.229 e. The highest BCUT2D eigenvalue weighted by molar-refractivity contribution is 7.16. The Hall–Kier alpha value is -2.12. The largest absolute Gasteiger partial charge is 0.316 e. The van der Waals surface area contributed by atoms with Crippen LogP contribution in [0.15, 0.2) is 30.3 Å². The van der Waals surface area contributed by atoms with Crippen molar-refractivity contribution < 1.29 is 4.79 Å². The van der Waals surface area contributed by atoms with Crippen LogP contribution in [-0.4, -0.2) is 5.91 Å². The summed E-state index contributed by atoms with van der Waals surface area (Å²) in [5.74, 6) is -0.0564. The molecule has 112 valence electrons. The van der Waals surface area contributed by atoms with Crippen LogP contribution in [0.2, 0.25) is 0 Å². The molecule has 0 saturated heterocycles. The van der Waals surface area contributed by atoms with Gasteiger partial charge in [-0.1, -0.05) is 36.8 Å². The van der Waals surface area contributed by atoms with Gasteiger partial charge < -0.3 is 5.32 Å². The number of rotatable bonds is 3. The van der Waals surface area contributed by atoms with E-state index in [9.17, 15) is 10.1 Å². The summed E-state index contributed by atoms with van der Waals surface area (Å²) in [5.41, 5.74) is 2.83. The predicted octanol–water partition coefficient (Wildman–Crippen LogP) is 4.07. The lowest BCUT2D eigenvalue weighted by Gasteiger charge is -2.04. The zero-order valence-corrected chi connectivity index (χ0v) is 13.2. The number of carbonyl (C=O) groups is 1. The maximum atomic E-state index is 12.2. The maximum absolute atomic E-state index is 12.2. The van der Waals surface area contributed by atoms with Crippen LogP contribution in [0.4, 0.5) is 5.00 Å². The van der Waals surface area contributed by atoms with Crippen molar-refractivity contribution in [3.8, 4) is 6.07 Å². The Kier molecular flexibility index (Phi) is 4.55. The molecule has 0 unspecified atom stereocenters. The molecule has 1 amide bonds. The quantitative estimate of drug-likeness (QED) is 0.869. The predicted molar refractivity (Wildman–Crippen MR) is 89.1 cm³/mol. The molecule has 1 N–H and O–H groups in total. The minimum atomic E-state index is -0.0564. The molecule has 1 aliphatic carbocycles. The number of nitrogens with one attached hydrogen (secondary N) is 1. The monoisotopic (exact) mass is 310 g/mol. The van der Waals surface area contributed by atoms with Gasteiger partial charge in [-0.25, -0.2) is 0 Å². The van der Waals surface area contributed by atoms with Gasteiger partial charge in [0.1, 0.15) is 11.1 Å². The highest BCUT2D eigenvalue weighted by atomic mass is 32.1. The van der Waals surface area contributed by atoms with Gasteiger partial charge in [0, 0.05) is 4.88 Å². The number of fused-ring (bicyclic) bond motifs is 1. The van der Waals surface area contributed by atoms with Crippen LogP contribution in [0.5, 0.6) is 0 Å². The van der Waals surface area contributed by atoms with Crippen molar-refractivity contribution in [2.24, 2.45) is 0 Å². The number of carbonyl (C=O) groups excluding carboxylic acids is 1. The first-order valence-corrected chi connectivity index (χ1v) is 8.48. The summed E-state index contributed by atoms with van der Waals surface area (Å²) in [4.78, 5) is 13.5. The standard InChI is InChI=1S/C18H18N2OS/c19-12-15-14-9-5-2-6-10-16(14)22-18(15)20-17(21)11-13-7-3-1-4-8-13/h1,3-4,7-8H,2,5-6,9-11H2,(H,20,21). The number of thiophene rings is 1. The number of nitriles is 1. The van der Waals surface area contributed by atoms with Crippen LogP contribution in [0.3, 0.4) is 0 Å². The molecule has 4 heteroatoms. The first kappa shape index (κ1) is 14.8. The molecule has 2 aromatic rings. The Bertz CT molecular complexity index is 713. The van der Waals surface area contributed by atoms with Gasteiger partial charge in [0.05, 0.1) is 12.0 Å². The summed E-state index contributed by atoms with van der Waals surface area (Å²) in [6.45, 7) is 0. The summed E-state index contributed by atoms with van der Waals surface area (Å²) < 4.78 is 0. The Morgan fingerprint density at radius 1 is 1.18 bits per heavy atom. The molecule has 0 bridgehead atoms. The van der Waals surface area contributed by atoms with Gasteiger partial charge in [-0.05, 0) is 36.8 Å². The number of aryl methyl sites for hydroxylation is 1. The number of hydrogen-bond donors (Lipinski definition) is 1. The molecule has 0 atom stereocenters. The van der Waals surface area contributed by atoms with E-state index < -0.39 is 0 Å². The van der Waals surface area contributed by atoms with E-state index in [4.69, 9.17) is 0 Å². The lowest BCUT2D eigenvalue weighted by Crippen LogP contribution is -2.14. The van der Waals surface area contributed by atoms with Gasteiger partial charge in [-0.15, -0.1) is 11.3 Å². The third-order valence-electron chi connectivity index (χ3n) is 3.99. The minimum absolute atomic E-state index is 0.0564. The first-order valence-electron chi connectivity index (χ1n) is 7.66. The molecular weight excluding hydrogens is 292 g/mol. The fourth-order valence-corrected chi connectivity index (χ4v) is 4.16. The highest BCUT2D eigenvalue weighted by Crippen LogP contribution is 2.36. The van der Waals surface area contributed by atoms with E-state index in [-0.39, 0.29) is 5.91 Å². The van der Waals surface area contributed by atoms with Gasteiger partial charge in [-0.2, -0.15) is 5.26 Å². The van der Waals surface area contributed by atoms with Crippen LogP contribution in [0.25, 0.3) is 0 Å². The summed E-state index contributed by atoms with van der Waals surface area (Å²) in [5, 5.41) is 13.1. The van der Waals surface area contributed by atoms with Crippen molar-refractivity contribution in [2.45, 2.75) is 38.5 Å². The molecule has 0 saturated carbocycles. The molecule has 0 spiro atoms. The number of benzene rings is 1. The topological polar surface area (TPSA) is 52.9 Å². The van der Waals surface area contributed by atoms with E-state index in [1.54, 1.807) is 11.3 Å². The summed E-state index contributed by atoms with van der Waals surface area (Å²) in [6.07, 6.45) is 5.87. The zero-order chi connectivity index (χ0) is 15.4. The van der Waals surface area contributed by atoms with Crippen LogP contribution >= 0.6 is 11.3 Å². The summed E-state index contributed by atoms with van der Waals surface area (Å²) >= 11 is 1.58. The van der Waals surface area contributed by atoms with Crippen molar-refractivity contribution in [1.29, 1.82) is 5.26 Å². The molecule has 22 heavy (non-hydrogen) atoms. The van der Waals surface area contributed by atoms with E-state index >= 15 is 0 Å². The van der Waals surface area contributed by atoms with Crippen molar-refractivity contribution in [3.05, 3.63) is 51.9 Å². The number of nitrogens with zero attached hydrogens (tertiary/aromatic N) is 1. The van der Waals surface area contributed by atoms with Gasteiger partial charge in [-0.3, -0.25) is 4.79 Å². The molecule has 1 aliphatic rings. The summed E-state index contributed by atoms with van der Waals surface area (Å²) in [6, 6.07) is 12.0. The maximum Gasteiger partial charge on any atom is 0.229 e. The average Bonchev–Trinajstić information content (AvgIpc) is 2.69. The zero-order valence-electron chi connectivity index (χ0n) is 12.4. The minimum Gasteiger partial charge on any atom is -0.316 e. The summed E-state index contributed by atoms with van der Waals surface area (Å²) in [7, 11) is 0. The SMILES string of the molecule is N#Cc1c(NC(=O)Cc2ccccc2)sc2c1CCCCC2. The van der Waals surface area contributed by atoms with Crippen molar-refractivity contribution in [3.63, 3.8) is 0 Å². The van der Waals surface area contributed by atoms with Crippen LogP contribution in [0, 0.1) is 11.3 Å². The van der Waals surface area contributed by atoms with Crippen LogP contribution in [0.1, 0.15) is 40.8 Å². The van der Waals surface area contributed by atoms with E-state index in [1.165, 1.54) is 23.3 Å². The van der Waals surface area contributed by atoms with E-state index in [2.05, 4.69) is 11.4 Å². The van der Waals surface area contributed by atoms with Crippen molar-refractivity contribution >= 4 is 22.2 Å². The molecule has 1 aromatic carbocycles. The Balaban J connectivity index is 1.78. The second-order valence-electron chi connectivity index (χ2n) is 5.59. The van der Waals surface area contributed by atoms with Crippen molar-refractivity contribution in [2.75, 3.05) is 5.32 Å². The molecule has 1 aromatic heterocycles. The highest BCUT2D eigenvalue weighted by Gasteiger charge is 2.20. The van der Waals surface area contributed by atoms with E-state index in [1.807, 2.05) is 30.3 Å². The molecule has 1 heterocycles. The third kappa shape index (κ3) is 3.20. The van der Waals surface area contributed by atoms with E-state index in [0.717, 1.165) is 29.8 Å². The van der Waals surface area contributed by atoms with Crippen LogP contribution in [-0.2, 0) is 24.1 Å². The molecule has 0 aliphatic heterocycles. The molecule has 3 nitrogen and oxygen atoms in total. The Morgan fingerprint density at radius 2 is 1.95 bits per heavy atom. The Morgan fingerprint density at radius 3 is 2.73 bits per heavy atom. The van der Waals surface area contributed by atoms with Gasteiger partial charge in [0.2, 0.25) is 5.91 Å². The number of anilines is 1. The molecule has 0 radical (unpaired) electrons.